The van der Waals surface area contributed by atoms with E-state index in [4.69, 9.17) is 5.73 Å². The summed E-state index contributed by atoms with van der Waals surface area (Å²) in [5.74, 6) is -1.38. The van der Waals surface area contributed by atoms with Crippen LogP contribution in [0.2, 0.25) is 0 Å². The van der Waals surface area contributed by atoms with Crippen molar-refractivity contribution in [3.8, 4) is 0 Å². The second kappa shape index (κ2) is 5.79. The molecular weight excluding hydrogens is 298 g/mol. The topological polar surface area (TPSA) is 63.4 Å². The Bertz CT molecular complexity index is 743. The number of nitrogens with two attached hydrogens (primary N) is 1. The van der Waals surface area contributed by atoms with Crippen molar-refractivity contribution in [3.63, 3.8) is 0 Å². The van der Waals surface area contributed by atoms with Gasteiger partial charge in [0.25, 0.3) is 0 Å². The molecule has 0 amide bonds. The van der Waals surface area contributed by atoms with Crippen LogP contribution >= 0.6 is 0 Å². The molecule has 7 heteroatoms. The standard InChI is InChI=1S/C14H14F2N2O2S/c1-18(9-10-4-2-5-11(15)8-10)21(19,20)14-12(16)6-3-7-13(14)17/h2-8H,9,17H2,1H3. The first-order valence-corrected chi connectivity index (χ1v) is 7.51. The molecule has 2 aromatic rings. The molecule has 112 valence electrons. The van der Waals surface area contributed by atoms with Crippen molar-refractivity contribution in [1.29, 1.82) is 0 Å². The minimum absolute atomic E-state index is 0.0894. The van der Waals surface area contributed by atoms with E-state index in [1.54, 1.807) is 6.07 Å². The second-order valence-electron chi connectivity index (χ2n) is 4.55. The minimum Gasteiger partial charge on any atom is -0.398 e. The van der Waals surface area contributed by atoms with Crippen molar-refractivity contribution in [3.05, 3.63) is 59.7 Å². The number of hydrogen-bond acceptors (Lipinski definition) is 3. The third-order valence-corrected chi connectivity index (χ3v) is 4.86. The molecule has 0 saturated heterocycles. The van der Waals surface area contributed by atoms with Gasteiger partial charge in [-0.05, 0) is 29.8 Å². The highest BCUT2D eigenvalue weighted by atomic mass is 32.2. The average molecular weight is 312 g/mol. The van der Waals surface area contributed by atoms with Gasteiger partial charge >= 0.3 is 0 Å². The summed E-state index contributed by atoms with van der Waals surface area (Å²) in [7, 11) is -2.82. The molecule has 0 fully saturated rings. The maximum atomic E-state index is 13.8. The molecular formula is C14H14F2N2O2S. The molecule has 0 unspecified atom stereocenters. The molecule has 2 N–H and O–H groups in total. The van der Waals surface area contributed by atoms with E-state index in [0.717, 1.165) is 10.4 Å². The van der Waals surface area contributed by atoms with Gasteiger partial charge in [-0.2, -0.15) is 4.31 Å². The Hall–Kier alpha value is -1.99. The zero-order valence-electron chi connectivity index (χ0n) is 11.3. The summed E-state index contributed by atoms with van der Waals surface area (Å²) in [6.45, 7) is -0.0894. The molecule has 0 atom stereocenters. The summed E-state index contributed by atoms with van der Waals surface area (Å²) in [6, 6.07) is 9.20. The van der Waals surface area contributed by atoms with Crippen LogP contribution in [0.5, 0.6) is 0 Å². The monoisotopic (exact) mass is 312 g/mol. The van der Waals surface area contributed by atoms with Crippen molar-refractivity contribution >= 4 is 15.7 Å². The van der Waals surface area contributed by atoms with E-state index >= 15 is 0 Å². The molecule has 0 saturated carbocycles. The third-order valence-electron chi connectivity index (χ3n) is 2.96. The Morgan fingerprint density at radius 2 is 1.81 bits per heavy atom. The van der Waals surface area contributed by atoms with Crippen LogP contribution < -0.4 is 5.73 Å². The molecule has 0 heterocycles. The van der Waals surface area contributed by atoms with Crippen LogP contribution in [0.4, 0.5) is 14.5 Å². The van der Waals surface area contributed by atoms with E-state index in [0.29, 0.717) is 5.56 Å². The normalized spacial score (nSPS) is 11.8. The van der Waals surface area contributed by atoms with Crippen molar-refractivity contribution < 1.29 is 17.2 Å². The van der Waals surface area contributed by atoms with Crippen molar-refractivity contribution in [1.82, 2.24) is 4.31 Å². The lowest BCUT2D eigenvalue weighted by Crippen LogP contribution is -2.28. The second-order valence-corrected chi connectivity index (χ2v) is 6.53. The molecule has 4 nitrogen and oxygen atoms in total. The lowest BCUT2D eigenvalue weighted by Gasteiger charge is -2.18. The maximum Gasteiger partial charge on any atom is 0.248 e. The summed E-state index contributed by atoms with van der Waals surface area (Å²) in [5, 5.41) is 0. The summed E-state index contributed by atoms with van der Waals surface area (Å²) in [5.41, 5.74) is 5.85. The SMILES string of the molecule is CN(Cc1cccc(F)c1)S(=O)(=O)c1c(N)cccc1F. The number of nitrogens with zero attached hydrogens (tertiary/aromatic N) is 1. The van der Waals surface area contributed by atoms with E-state index in [9.17, 15) is 17.2 Å². The summed E-state index contributed by atoms with van der Waals surface area (Å²) in [4.78, 5) is -0.566. The Balaban J connectivity index is 2.35. The van der Waals surface area contributed by atoms with Gasteiger partial charge < -0.3 is 5.73 Å². The van der Waals surface area contributed by atoms with E-state index < -0.39 is 26.6 Å². The first-order chi connectivity index (χ1) is 9.82. The fraction of sp³-hybridized carbons (Fsp3) is 0.143. The number of hydrogen-bond donors (Lipinski definition) is 1. The average Bonchev–Trinajstić information content (AvgIpc) is 2.38. The van der Waals surface area contributed by atoms with Gasteiger partial charge in [0.1, 0.15) is 16.5 Å². The third kappa shape index (κ3) is 3.20. The highest BCUT2D eigenvalue weighted by Crippen LogP contribution is 2.25. The van der Waals surface area contributed by atoms with Crippen LogP contribution in [0, 0.1) is 11.6 Å². The summed E-state index contributed by atoms with van der Waals surface area (Å²) >= 11 is 0. The largest absolute Gasteiger partial charge is 0.398 e. The number of nitrogen functional groups attached to an aromatic ring is 1. The van der Waals surface area contributed by atoms with E-state index in [1.165, 1.54) is 37.4 Å². The number of benzene rings is 2. The van der Waals surface area contributed by atoms with Gasteiger partial charge in [0, 0.05) is 13.6 Å². The molecule has 0 radical (unpaired) electrons. The number of anilines is 1. The molecule has 0 spiro atoms. The van der Waals surface area contributed by atoms with E-state index in [1.807, 2.05) is 0 Å². The number of rotatable bonds is 4. The van der Waals surface area contributed by atoms with Crippen LogP contribution in [0.15, 0.2) is 47.4 Å². The molecule has 0 aromatic heterocycles. The quantitative estimate of drug-likeness (QED) is 0.882. The zero-order valence-corrected chi connectivity index (χ0v) is 12.1. The Kier molecular flexibility index (Phi) is 4.24. The first kappa shape index (κ1) is 15.4. The molecule has 2 rings (SSSR count). The fourth-order valence-corrected chi connectivity index (χ4v) is 3.24. The summed E-state index contributed by atoms with van der Waals surface area (Å²) in [6.07, 6.45) is 0. The lowest BCUT2D eigenvalue weighted by molar-refractivity contribution is 0.459. The van der Waals surface area contributed by atoms with Crippen molar-refractivity contribution in [2.45, 2.75) is 11.4 Å². The van der Waals surface area contributed by atoms with Gasteiger partial charge in [-0.25, -0.2) is 17.2 Å². The Morgan fingerprint density at radius 1 is 1.14 bits per heavy atom. The highest BCUT2D eigenvalue weighted by molar-refractivity contribution is 7.89. The van der Waals surface area contributed by atoms with Crippen LogP contribution in [-0.2, 0) is 16.6 Å². The smallest absolute Gasteiger partial charge is 0.248 e. The predicted molar refractivity (Wildman–Crippen MR) is 75.9 cm³/mol. The molecule has 0 aliphatic heterocycles. The van der Waals surface area contributed by atoms with E-state index in [-0.39, 0.29) is 12.2 Å². The highest BCUT2D eigenvalue weighted by Gasteiger charge is 2.27. The fourth-order valence-electron chi connectivity index (χ4n) is 1.93. The maximum absolute atomic E-state index is 13.8. The molecule has 0 aliphatic rings. The van der Waals surface area contributed by atoms with Gasteiger partial charge in [-0.3, -0.25) is 0 Å². The summed E-state index contributed by atoms with van der Waals surface area (Å²) < 4.78 is 52.6. The Labute approximate surface area is 121 Å². The Morgan fingerprint density at radius 3 is 2.43 bits per heavy atom. The van der Waals surface area contributed by atoms with Crippen LogP contribution in [0.1, 0.15) is 5.56 Å². The molecule has 21 heavy (non-hydrogen) atoms. The molecule has 2 aromatic carbocycles. The van der Waals surface area contributed by atoms with Gasteiger partial charge in [0.2, 0.25) is 10.0 Å². The molecule has 0 bridgehead atoms. The van der Waals surface area contributed by atoms with Crippen LogP contribution in [-0.4, -0.2) is 19.8 Å². The van der Waals surface area contributed by atoms with Gasteiger partial charge in [-0.15, -0.1) is 0 Å². The minimum atomic E-state index is -4.10. The lowest BCUT2D eigenvalue weighted by atomic mass is 10.2. The van der Waals surface area contributed by atoms with Crippen LogP contribution in [0.25, 0.3) is 0 Å². The van der Waals surface area contributed by atoms with Gasteiger partial charge in [0.15, 0.2) is 0 Å². The number of sulfonamides is 1. The van der Waals surface area contributed by atoms with Crippen molar-refractivity contribution in [2.24, 2.45) is 0 Å². The predicted octanol–water partition coefficient (Wildman–Crippen LogP) is 2.37. The molecule has 0 aliphatic carbocycles. The zero-order chi connectivity index (χ0) is 15.6. The van der Waals surface area contributed by atoms with E-state index in [2.05, 4.69) is 0 Å². The number of halogens is 2. The first-order valence-electron chi connectivity index (χ1n) is 6.07. The van der Waals surface area contributed by atoms with Gasteiger partial charge in [0.05, 0.1) is 5.69 Å². The van der Waals surface area contributed by atoms with Crippen LogP contribution in [0.3, 0.4) is 0 Å². The van der Waals surface area contributed by atoms with Crippen molar-refractivity contribution in [2.75, 3.05) is 12.8 Å². The van der Waals surface area contributed by atoms with Gasteiger partial charge in [-0.1, -0.05) is 18.2 Å².